The summed E-state index contributed by atoms with van der Waals surface area (Å²) in [5, 5.41) is 3.49. The lowest BCUT2D eigenvalue weighted by Crippen LogP contribution is -2.28. The molecule has 0 bridgehead atoms. The van der Waals surface area contributed by atoms with Crippen LogP contribution in [0.5, 0.6) is 0 Å². The van der Waals surface area contributed by atoms with Gasteiger partial charge in [0.15, 0.2) is 5.16 Å². The predicted octanol–water partition coefficient (Wildman–Crippen LogP) is 3.77. The highest BCUT2D eigenvalue weighted by Gasteiger charge is 2.16. The van der Waals surface area contributed by atoms with Gasteiger partial charge in [-0.3, -0.25) is 14.2 Å². The van der Waals surface area contributed by atoms with Gasteiger partial charge in [0.1, 0.15) is 11.3 Å². The second kappa shape index (κ2) is 9.38. The Balaban J connectivity index is 1.44. The Morgan fingerprint density at radius 1 is 1.40 bits per heavy atom. The summed E-state index contributed by atoms with van der Waals surface area (Å²) in [7, 11) is 0. The Morgan fingerprint density at radius 3 is 3.07 bits per heavy atom. The van der Waals surface area contributed by atoms with E-state index in [1.165, 1.54) is 30.2 Å². The highest BCUT2D eigenvalue weighted by molar-refractivity contribution is 7.99. The fraction of sp³-hybridized carbons (Fsp3) is 0.409. The van der Waals surface area contributed by atoms with Crippen molar-refractivity contribution >= 4 is 28.7 Å². The van der Waals surface area contributed by atoms with Gasteiger partial charge in [-0.1, -0.05) is 23.4 Å². The third kappa shape index (κ3) is 4.87. The van der Waals surface area contributed by atoms with Gasteiger partial charge < -0.3 is 14.7 Å². The molecule has 158 valence electrons. The van der Waals surface area contributed by atoms with Crippen LogP contribution in [0.15, 0.2) is 50.5 Å². The zero-order chi connectivity index (χ0) is 20.9. The molecule has 1 aliphatic rings. The van der Waals surface area contributed by atoms with E-state index in [1.54, 1.807) is 16.9 Å². The Kier molecular flexibility index (Phi) is 6.42. The summed E-state index contributed by atoms with van der Waals surface area (Å²) in [6.45, 7) is 2.80. The first-order valence-electron chi connectivity index (χ1n) is 10.3. The summed E-state index contributed by atoms with van der Waals surface area (Å²) in [4.78, 5) is 33.1. The Morgan fingerprint density at radius 2 is 2.30 bits per heavy atom. The van der Waals surface area contributed by atoms with E-state index < -0.39 is 0 Å². The van der Waals surface area contributed by atoms with Crippen molar-refractivity contribution in [3.63, 3.8) is 0 Å². The number of aromatic amines is 1. The van der Waals surface area contributed by atoms with Crippen molar-refractivity contribution in [2.75, 3.05) is 12.3 Å². The number of nitrogens with zero attached hydrogens (tertiary/aromatic N) is 2. The lowest BCUT2D eigenvalue weighted by Gasteiger charge is -2.13. The molecule has 0 aliphatic heterocycles. The number of carbonyl (C=O) groups excluding carboxylic acids is 1. The van der Waals surface area contributed by atoms with Crippen molar-refractivity contribution in [3.8, 4) is 0 Å². The first-order chi connectivity index (χ1) is 14.6. The summed E-state index contributed by atoms with van der Waals surface area (Å²) < 4.78 is 6.97. The normalized spacial score (nSPS) is 14.1. The van der Waals surface area contributed by atoms with Crippen LogP contribution in [-0.2, 0) is 11.3 Å². The minimum atomic E-state index is -0.170. The van der Waals surface area contributed by atoms with Gasteiger partial charge in [0.25, 0.3) is 5.56 Å². The van der Waals surface area contributed by atoms with Gasteiger partial charge in [0.2, 0.25) is 5.91 Å². The number of aryl methyl sites for hydroxylation is 1. The first kappa shape index (κ1) is 20.5. The number of H-pyrrole nitrogens is 1. The van der Waals surface area contributed by atoms with Crippen LogP contribution >= 0.6 is 11.8 Å². The molecule has 0 unspecified atom stereocenters. The number of hydrogen-bond donors (Lipinski definition) is 2. The van der Waals surface area contributed by atoms with E-state index >= 15 is 0 Å². The number of fused-ring (bicyclic) bond motifs is 1. The molecule has 0 fully saturated rings. The Bertz CT molecular complexity index is 1110. The molecular formula is C22H26N4O3S. The highest BCUT2D eigenvalue weighted by Crippen LogP contribution is 2.21. The Hall–Kier alpha value is -2.74. The molecule has 2 N–H and O–H groups in total. The van der Waals surface area contributed by atoms with E-state index in [0.29, 0.717) is 28.5 Å². The second-order valence-electron chi connectivity index (χ2n) is 7.57. The molecule has 0 saturated heterocycles. The van der Waals surface area contributed by atoms with Gasteiger partial charge in [-0.15, -0.1) is 0 Å². The molecule has 0 aromatic carbocycles. The maximum atomic E-state index is 13.0. The molecule has 1 amide bonds. The van der Waals surface area contributed by atoms with Crippen molar-refractivity contribution in [2.45, 2.75) is 50.7 Å². The van der Waals surface area contributed by atoms with Crippen LogP contribution in [0.1, 0.15) is 43.6 Å². The van der Waals surface area contributed by atoms with Gasteiger partial charge in [-0.25, -0.2) is 4.98 Å². The summed E-state index contributed by atoms with van der Waals surface area (Å²) in [5.74, 6) is 0.813. The van der Waals surface area contributed by atoms with E-state index in [-0.39, 0.29) is 23.8 Å². The fourth-order valence-corrected chi connectivity index (χ4v) is 4.52. The zero-order valence-corrected chi connectivity index (χ0v) is 17.9. The molecule has 0 atom stereocenters. The average molecular weight is 427 g/mol. The summed E-state index contributed by atoms with van der Waals surface area (Å²) in [6.07, 6.45) is 9.60. The lowest BCUT2D eigenvalue weighted by atomic mass is 9.97. The molecule has 3 aromatic heterocycles. The van der Waals surface area contributed by atoms with Crippen LogP contribution in [0, 0.1) is 6.92 Å². The van der Waals surface area contributed by atoms with Crippen molar-refractivity contribution in [2.24, 2.45) is 0 Å². The van der Waals surface area contributed by atoms with Gasteiger partial charge >= 0.3 is 0 Å². The number of thioether (sulfide) groups is 1. The number of aromatic nitrogens is 3. The SMILES string of the molecule is Cc1cc2nc(SCC(=O)NCCC3=CCCCC3)n(Cc3ccco3)c(=O)c2[nH]1. The van der Waals surface area contributed by atoms with Crippen molar-refractivity contribution in [1.82, 2.24) is 19.9 Å². The lowest BCUT2D eigenvalue weighted by molar-refractivity contribution is -0.118. The predicted molar refractivity (Wildman–Crippen MR) is 118 cm³/mol. The van der Waals surface area contributed by atoms with Crippen LogP contribution in [0.25, 0.3) is 11.0 Å². The number of nitrogens with one attached hydrogen (secondary N) is 2. The fourth-order valence-electron chi connectivity index (χ4n) is 3.69. The molecule has 30 heavy (non-hydrogen) atoms. The van der Waals surface area contributed by atoms with Crippen molar-refractivity contribution < 1.29 is 9.21 Å². The molecular weight excluding hydrogens is 400 g/mol. The van der Waals surface area contributed by atoms with Gasteiger partial charge in [0.05, 0.1) is 24.1 Å². The number of amides is 1. The smallest absolute Gasteiger partial charge is 0.278 e. The number of furan rings is 1. The molecule has 3 aromatic rings. The van der Waals surface area contributed by atoms with Crippen LogP contribution < -0.4 is 10.9 Å². The minimum absolute atomic E-state index is 0.0550. The number of allylic oxidation sites excluding steroid dienone is 1. The number of rotatable bonds is 8. The second-order valence-corrected chi connectivity index (χ2v) is 8.52. The van der Waals surface area contributed by atoms with Crippen LogP contribution in [0.3, 0.4) is 0 Å². The van der Waals surface area contributed by atoms with Crippen LogP contribution in [0.4, 0.5) is 0 Å². The summed E-state index contributed by atoms with van der Waals surface area (Å²) in [5.41, 5.74) is 3.22. The molecule has 1 aliphatic carbocycles. The topological polar surface area (TPSA) is 92.9 Å². The highest BCUT2D eigenvalue weighted by atomic mass is 32.2. The zero-order valence-electron chi connectivity index (χ0n) is 17.1. The maximum Gasteiger partial charge on any atom is 0.278 e. The third-order valence-corrected chi connectivity index (χ3v) is 6.19. The average Bonchev–Trinajstić information content (AvgIpc) is 3.39. The molecule has 0 spiro atoms. The van der Waals surface area contributed by atoms with E-state index in [0.717, 1.165) is 25.0 Å². The van der Waals surface area contributed by atoms with Crippen molar-refractivity contribution in [1.29, 1.82) is 0 Å². The molecule has 4 rings (SSSR count). The number of hydrogen-bond acceptors (Lipinski definition) is 5. The monoisotopic (exact) mass is 426 g/mol. The minimum Gasteiger partial charge on any atom is -0.467 e. The molecule has 0 radical (unpaired) electrons. The Labute approximate surface area is 179 Å². The molecule has 7 nitrogen and oxygen atoms in total. The van der Waals surface area contributed by atoms with E-state index in [1.807, 2.05) is 19.1 Å². The van der Waals surface area contributed by atoms with Crippen molar-refractivity contribution in [3.05, 3.63) is 57.9 Å². The summed E-state index contributed by atoms with van der Waals surface area (Å²) >= 11 is 1.27. The van der Waals surface area contributed by atoms with Gasteiger partial charge in [-0.2, -0.15) is 0 Å². The maximum absolute atomic E-state index is 13.0. The van der Waals surface area contributed by atoms with E-state index in [9.17, 15) is 9.59 Å². The number of carbonyl (C=O) groups is 1. The van der Waals surface area contributed by atoms with Gasteiger partial charge in [0, 0.05) is 12.2 Å². The standard InChI is InChI=1S/C22H26N4O3S/c1-15-12-18-20(24-15)21(28)26(13-17-8-5-11-29-17)22(25-18)30-14-19(27)23-10-9-16-6-3-2-4-7-16/h5-6,8,11-12,24H,2-4,7,9-10,13-14H2,1H3,(H,23,27). The van der Waals surface area contributed by atoms with E-state index in [2.05, 4.69) is 21.4 Å². The third-order valence-electron chi connectivity index (χ3n) is 5.22. The molecule has 8 heteroatoms. The first-order valence-corrected chi connectivity index (χ1v) is 11.3. The molecule has 3 heterocycles. The summed E-state index contributed by atoms with van der Waals surface area (Å²) in [6, 6.07) is 5.45. The van der Waals surface area contributed by atoms with Crippen LogP contribution in [-0.4, -0.2) is 32.7 Å². The largest absolute Gasteiger partial charge is 0.467 e. The molecule has 0 saturated carbocycles. The quantitative estimate of drug-likeness (QED) is 0.325. The van der Waals surface area contributed by atoms with Gasteiger partial charge in [-0.05, 0) is 57.2 Å². The van der Waals surface area contributed by atoms with Crippen LogP contribution in [0.2, 0.25) is 0 Å². The van der Waals surface area contributed by atoms with E-state index in [4.69, 9.17) is 4.42 Å².